The van der Waals surface area contributed by atoms with Gasteiger partial charge in [-0.2, -0.15) is 0 Å². The van der Waals surface area contributed by atoms with Gasteiger partial charge in [-0.05, 0) is 31.0 Å². The fourth-order valence-corrected chi connectivity index (χ4v) is 3.58. The van der Waals surface area contributed by atoms with Crippen molar-refractivity contribution in [3.63, 3.8) is 0 Å². The molecule has 1 aromatic carbocycles. The smallest absolute Gasteiger partial charge is 0.238 e. The zero-order valence-electron chi connectivity index (χ0n) is 13.7. The number of aryl methyl sites for hydroxylation is 1. The summed E-state index contributed by atoms with van der Waals surface area (Å²) in [5.41, 5.74) is 2.52. The minimum absolute atomic E-state index is 0.158. The molecule has 2 N–H and O–H groups in total. The topological polar surface area (TPSA) is 88.2 Å². The predicted octanol–water partition coefficient (Wildman–Crippen LogP) is 1.51. The number of hydrogen-bond donors (Lipinski definition) is 2. The predicted molar refractivity (Wildman–Crippen MR) is 92.5 cm³/mol. The van der Waals surface area contributed by atoms with E-state index in [1.54, 1.807) is 24.5 Å². The van der Waals surface area contributed by atoms with Crippen LogP contribution < -0.4 is 10.0 Å². The number of carbonyl (C=O) groups excluding carboxylic acids is 1. The van der Waals surface area contributed by atoms with Crippen molar-refractivity contribution in [2.24, 2.45) is 0 Å². The lowest BCUT2D eigenvalue weighted by Crippen LogP contribution is -2.44. The maximum atomic E-state index is 12.2. The van der Waals surface area contributed by atoms with Crippen molar-refractivity contribution in [2.75, 3.05) is 0 Å². The number of carbonyl (C=O) groups is 1. The maximum Gasteiger partial charge on any atom is 0.238 e. The first-order valence-corrected chi connectivity index (χ1v) is 9.23. The molecule has 1 atom stereocenters. The molecular weight excluding hydrogens is 326 g/mol. The van der Waals surface area contributed by atoms with Gasteiger partial charge in [0, 0.05) is 18.9 Å². The fourth-order valence-electron chi connectivity index (χ4n) is 2.23. The number of pyridine rings is 1. The van der Waals surface area contributed by atoms with E-state index in [1.807, 2.05) is 31.2 Å². The van der Waals surface area contributed by atoms with Crippen LogP contribution in [0, 0.1) is 6.92 Å². The Labute approximate surface area is 142 Å². The van der Waals surface area contributed by atoms with Crippen molar-refractivity contribution in [1.82, 2.24) is 15.0 Å². The van der Waals surface area contributed by atoms with Crippen LogP contribution >= 0.6 is 0 Å². The summed E-state index contributed by atoms with van der Waals surface area (Å²) in [6.45, 7) is 3.72. The molecule has 0 saturated heterocycles. The van der Waals surface area contributed by atoms with Gasteiger partial charge in [-0.15, -0.1) is 0 Å². The van der Waals surface area contributed by atoms with Gasteiger partial charge in [0.1, 0.15) is 0 Å². The van der Waals surface area contributed by atoms with Gasteiger partial charge in [0.25, 0.3) is 0 Å². The molecule has 0 aliphatic rings. The lowest BCUT2D eigenvalue weighted by Gasteiger charge is -2.14. The first kappa shape index (κ1) is 18.1. The highest BCUT2D eigenvalue weighted by molar-refractivity contribution is 7.88. The number of hydrogen-bond acceptors (Lipinski definition) is 4. The van der Waals surface area contributed by atoms with Crippen molar-refractivity contribution in [1.29, 1.82) is 0 Å². The molecule has 0 aliphatic heterocycles. The Bertz CT molecular complexity index is 792. The van der Waals surface area contributed by atoms with Gasteiger partial charge in [-0.1, -0.05) is 35.9 Å². The number of rotatable bonds is 7. The van der Waals surface area contributed by atoms with E-state index in [0.717, 1.165) is 11.1 Å². The largest absolute Gasteiger partial charge is 0.351 e. The molecular formula is C17H21N3O3S. The second-order valence-electron chi connectivity index (χ2n) is 5.67. The molecule has 0 unspecified atom stereocenters. The number of benzene rings is 1. The van der Waals surface area contributed by atoms with E-state index in [4.69, 9.17) is 0 Å². The van der Waals surface area contributed by atoms with Crippen LogP contribution in [0.5, 0.6) is 0 Å². The molecule has 0 spiro atoms. The van der Waals surface area contributed by atoms with Gasteiger partial charge in [0.05, 0.1) is 11.8 Å². The normalized spacial score (nSPS) is 12.6. The Morgan fingerprint density at radius 3 is 2.62 bits per heavy atom. The highest BCUT2D eigenvalue weighted by Gasteiger charge is 2.20. The Balaban J connectivity index is 1.89. The Hall–Kier alpha value is -2.25. The van der Waals surface area contributed by atoms with Gasteiger partial charge in [-0.3, -0.25) is 9.78 Å². The van der Waals surface area contributed by atoms with E-state index < -0.39 is 16.1 Å². The third kappa shape index (κ3) is 5.75. The zero-order chi connectivity index (χ0) is 17.6. The summed E-state index contributed by atoms with van der Waals surface area (Å²) in [6, 6.07) is 10.0. The molecule has 1 amide bonds. The molecule has 6 nitrogen and oxygen atoms in total. The minimum atomic E-state index is -3.60. The minimum Gasteiger partial charge on any atom is -0.351 e. The molecule has 0 saturated carbocycles. The second-order valence-corrected chi connectivity index (χ2v) is 7.42. The van der Waals surface area contributed by atoms with E-state index in [-0.39, 0.29) is 11.7 Å². The van der Waals surface area contributed by atoms with Gasteiger partial charge in [0.2, 0.25) is 15.9 Å². The van der Waals surface area contributed by atoms with Crippen LogP contribution in [0.15, 0.2) is 48.8 Å². The summed E-state index contributed by atoms with van der Waals surface area (Å²) < 4.78 is 26.8. The van der Waals surface area contributed by atoms with E-state index in [1.165, 1.54) is 6.92 Å². The van der Waals surface area contributed by atoms with E-state index in [9.17, 15) is 13.2 Å². The highest BCUT2D eigenvalue weighted by atomic mass is 32.2. The van der Waals surface area contributed by atoms with Gasteiger partial charge in [-0.25, -0.2) is 13.1 Å². The standard InChI is InChI=1S/C17H21N3O3S/c1-13-5-3-6-15(9-13)12-24(22,23)20-14(2)17(21)19-11-16-7-4-8-18-10-16/h3-10,14,20H,11-12H2,1-2H3,(H,19,21)/t14-/m0/s1. The van der Waals surface area contributed by atoms with Gasteiger partial charge >= 0.3 is 0 Å². The fraction of sp³-hybridized carbons (Fsp3) is 0.294. The molecule has 7 heteroatoms. The summed E-state index contributed by atoms with van der Waals surface area (Å²) in [5.74, 6) is -0.541. The number of sulfonamides is 1. The third-order valence-electron chi connectivity index (χ3n) is 3.38. The lowest BCUT2D eigenvalue weighted by atomic mass is 10.2. The molecule has 1 aromatic heterocycles. The average molecular weight is 347 g/mol. The van der Waals surface area contributed by atoms with E-state index >= 15 is 0 Å². The number of amides is 1. The van der Waals surface area contributed by atoms with Crippen LogP contribution in [0.25, 0.3) is 0 Å². The molecule has 24 heavy (non-hydrogen) atoms. The average Bonchev–Trinajstić information content (AvgIpc) is 2.52. The summed E-state index contributed by atoms with van der Waals surface area (Å²) in [4.78, 5) is 16.0. The number of nitrogens with zero attached hydrogens (tertiary/aromatic N) is 1. The molecule has 0 fully saturated rings. The van der Waals surface area contributed by atoms with Crippen LogP contribution in [-0.4, -0.2) is 25.4 Å². The van der Waals surface area contributed by atoms with Crippen LogP contribution in [0.4, 0.5) is 0 Å². The van der Waals surface area contributed by atoms with Crippen molar-refractivity contribution in [2.45, 2.75) is 32.2 Å². The summed E-state index contributed by atoms with van der Waals surface area (Å²) >= 11 is 0. The van der Waals surface area contributed by atoms with Crippen molar-refractivity contribution in [3.05, 3.63) is 65.5 Å². The third-order valence-corrected chi connectivity index (χ3v) is 4.80. The molecule has 0 bridgehead atoms. The van der Waals surface area contributed by atoms with Gasteiger partial charge in [0.15, 0.2) is 0 Å². The second kappa shape index (κ2) is 8.03. The summed E-state index contributed by atoms with van der Waals surface area (Å²) in [5, 5.41) is 2.69. The number of aromatic nitrogens is 1. The van der Waals surface area contributed by atoms with Crippen LogP contribution in [0.1, 0.15) is 23.6 Å². The van der Waals surface area contributed by atoms with E-state index in [2.05, 4.69) is 15.0 Å². The van der Waals surface area contributed by atoms with Crippen LogP contribution in [0.2, 0.25) is 0 Å². The van der Waals surface area contributed by atoms with Gasteiger partial charge < -0.3 is 5.32 Å². The molecule has 128 valence electrons. The quantitative estimate of drug-likeness (QED) is 0.795. The summed E-state index contributed by atoms with van der Waals surface area (Å²) in [7, 11) is -3.60. The summed E-state index contributed by atoms with van der Waals surface area (Å²) in [6.07, 6.45) is 3.29. The maximum absolute atomic E-state index is 12.2. The zero-order valence-corrected chi connectivity index (χ0v) is 14.5. The molecule has 2 rings (SSSR count). The van der Waals surface area contributed by atoms with Crippen LogP contribution in [0.3, 0.4) is 0 Å². The molecule has 1 heterocycles. The molecule has 2 aromatic rings. The molecule has 0 aliphatic carbocycles. The van der Waals surface area contributed by atoms with E-state index in [0.29, 0.717) is 12.1 Å². The Morgan fingerprint density at radius 2 is 1.96 bits per heavy atom. The first-order chi connectivity index (χ1) is 11.4. The highest BCUT2D eigenvalue weighted by Crippen LogP contribution is 2.08. The first-order valence-electron chi connectivity index (χ1n) is 7.58. The Morgan fingerprint density at radius 1 is 1.21 bits per heavy atom. The van der Waals surface area contributed by atoms with Crippen molar-refractivity contribution >= 4 is 15.9 Å². The molecule has 0 radical (unpaired) electrons. The SMILES string of the molecule is Cc1cccc(CS(=O)(=O)N[C@@H](C)C(=O)NCc2cccnc2)c1. The number of nitrogens with one attached hydrogen (secondary N) is 2. The monoisotopic (exact) mass is 347 g/mol. The Kier molecular flexibility index (Phi) is 6.05. The lowest BCUT2D eigenvalue weighted by molar-refractivity contribution is -0.122. The van der Waals surface area contributed by atoms with Crippen molar-refractivity contribution < 1.29 is 13.2 Å². The van der Waals surface area contributed by atoms with Crippen molar-refractivity contribution in [3.8, 4) is 0 Å². The van der Waals surface area contributed by atoms with Crippen LogP contribution in [-0.2, 0) is 27.1 Å².